The Balaban J connectivity index is 1.83. The zero-order chi connectivity index (χ0) is 15.5. The predicted octanol–water partition coefficient (Wildman–Crippen LogP) is 1.02. The molecule has 7 heteroatoms. The number of amides is 2. The summed E-state index contributed by atoms with van der Waals surface area (Å²) in [7, 11) is -1.25. The van der Waals surface area contributed by atoms with E-state index in [0.29, 0.717) is 6.54 Å². The van der Waals surface area contributed by atoms with E-state index in [-0.39, 0.29) is 36.2 Å². The lowest BCUT2D eigenvalue weighted by Gasteiger charge is -2.39. The first-order valence-corrected chi connectivity index (χ1v) is 9.46. The van der Waals surface area contributed by atoms with Gasteiger partial charge in [-0.05, 0) is 31.6 Å². The van der Waals surface area contributed by atoms with Gasteiger partial charge in [0.05, 0.1) is 17.1 Å². The summed E-state index contributed by atoms with van der Waals surface area (Å²) in [4.78, 5) is 13.7. The topological polar surface area (TPSA) is 75.7 Å². The smallest absolute Gasteiger partial charge is 0.317 e. The number of sulfone groups is 1. The molecule has 1 saturated heterocycles. The average Bonchev–Trinajstić information content (AvgIpc) is 2.47. The van der Waals surface area contributed by atoms with Crippen LogP contribution in [0.4, 0.5) is 4.79 Å². The van der Waals surface area contributed by atoms with Crippen molar-refractivity contribution in [2.45, 2.75) is 38.2 Å². The van der Waals surface area contributed by atoms with Crippen LogP contribution in [0.5, 0.6) is 0 Å². The summed E-state index contributed by atoms with van der Waals surface area (Å²) in [5.41, 5.74) is -0.260. The van der Waals surface area contributed by atoms with E-state index >= 15 is 0 Å². The fourth-order valence-electron chi connectivity index (χ4n) is 3.01. The number of carbonyl (C=O) groups excluding carboxylic acids is 1. The van der Waals surface area contributed by atoms with E-state index in [1.165, 1.54) is 0 Å². The lowest BCUT2D eigenvalue weighted by atomic mass is 9.79. The second-order valence-electron chi connectivity index (χ2n) is 6.37. The van der Waals surface area contributed by atoms with Crippen LogP contribution in [0.3, 0.4) is 0 Å². The molecule has 1 heterocycles. The molecular weight excluding hydrogens is 292 g/mol. The normalized spacial score (nSPS) is 32.7. The van der Waals surface area contributed by atoms with Crippen LogP contribution >= 0.6 is 0 Å². The van der Waals surface area contributed by atoms with Gasteiger partial charge in [-0.2, -0.15) is 0 Å². The van der Waals surface area contributed by atoms with Crippen LogP contribution in [0.15, 0.2) is 0 Å². The Bertz CT molecular complexity index is 455. The van der Waals surface area contributed by atoms with E-state index in [2.05, 4.69) is 12.2 Å². The largest absolute Gasteiger partial charge is 0.376 e. The van der Waals surface area contributed by atoms with Gasteiger partial charge in [0.15, 0.2) is 9.84 Å². The fourth-order valence-corrected chi connectivity index (χ4v) is 4.21. The maximum atomic E-state index is 12.1. The van der Waals surface area contributed by atoms with Crippen LogP contribution in [0, 0.1) is 5.92 Å². The Morgan fingerprint density at radius 2 is 1.86 bits per heavy atom. The van der Waals surface area contributed by atoms with Gasteiger partial charge in [-0.3, -0.25) is 0 Å². The molecule has 2 amide bonds. The number of hydrogen-bond donors (Lipinski definition) is 1. The van der Waals surface area contributed by atoms with Crippen LogP contribution < -0.4 is 5.32 Å². The first-order valence-electron chi connectivity index (χ1n) is 7.64. The highest BCUT2D eigenvalue weighted by molar-refractivity contribution is 7.91. The molecule has 21 heavy (non-hydrogen) atoms. The van der Waals surface area contributed by atoms with Gasteiger partial charge in [0.2, 0.25) is 0 Å². The molecular formula is C14H26N2O4S. The third-order valence-electron chi connectivity index (χ3n) is 4.81. The Labute approximate surface area is 127 Å². The number of nitrogens with one attached hydrogen (secondary N) is 1. The first-order chi connectivity index (χ1) is 9.86. The van der Waals surface area contributed by atoms with Gasteiger partial charge in [0.25, 0.3) is 0 Å². The summed E-state index contributed by atoms with van der Waals surface area (Å²) in [5, 5.41) is 2.92. The monoisotopic (exact) mass is 318 g/mol. The molecule has 122 valence electrons. The predicted molar refractivity (Wildman–Crippen MR) is 81.0 cm³/mol. The van der Waals surface area contributed by atoms with Crippen LogP contribution in [0.25, 0.3) is 0 Å². The van der Waals surface area contributed by atoms with E-state index in [0.717, 1.165) is 31.6 Å². The molecule has 1 saturated carbocycles. The third kappa shape index (κ3) is 4.32. The zero-order valence-electron chi connectivity index (χ0n) is 12.9. The Hall–Kier alpha value is -0.820. The van der Waals surface area contributed by atoms with E-state index < -0.39 is 9.84 Å². The Morgan fingerprint density at radius 3 is 2.38 bits per heavy atom. The van der Waals surface area contributed by atoms with Crippen LogP contribution in [0.1, 0.15) is 32.6 Å². The maximum absolute atomic E-state index is 12.1. The quantitative estimate of drug-likeness (QED) is 0.843. The van der Waals surface area contributed by atoms with Crippen molar-refractivity contribution in [3.63, 3.8) is 0 Å². The highest BCUT2D eigenvalue weighted by atomic mass is 32.2. The summed E-state index contributed by atoms with van der Waals surface area (Å²) >= 11 is 0. The van der Waals surface area contributed by atoms with Crippen molar-refractivity contribution >= 4 is 15.9 Å². The van der Waals surface area contributed by atoms with Crippen molar-refractivity contribution in [3.05, 3.63) is 0 Å². The average molecular weight is 318 g/mol. The van der Waals surface area contributed by atoms with Crippen molar-refractivity contribution in [1.29, 1.82) is 0 Å². The summed E-state index contributed by atoms with van der Waals surface area (Å²) in [6, 6.07) is -0.181. The number of methoxy groups -OCH3 is 1. The van der Waals surface area contributed by atoms with Crippen LogP contribution in [0.2, 0.25) is 0 Å². The van der Waals surface area contributed by atoms with Crippen molar-refractivity contribution < 1.29 is 17.9 Å². The number of hydrogen-bond acceptors (Lipinski definition) is 4. The molecule has 0 radical (unpaired) electrons. The molecule has 1 aliphatic carbocycles. The van der Waals surface area contributed by atoms with E-state index in [9.17, 15) is 13.2 Å². The van der Waals surface area contributed by atoms with Crippen molar-refractivity contribution in [1.82, 2.24) is 10.2 Å². The highest BCUT2D eigenvalue weighted by Gasteiger charge is 2.35. The second-order valence-corrected chi connectivity index (χ2v) is 8.67. The molecule has 2 rings (SSSR count). The second kappa shape index (κ2) is 6.52. The van der Waals surface area contributed by atoms with Gasteiger partial charge < -0.3 is 15.0 Å². The fraction of sp³-hybridized carbons (Fsp3) is 0.929. The molecule has 0 atom stereocenters. The Kier molecular flexibility index (Phi) is 5.14. The zero-order valence-corrected chi connectivity index (χ0v) is 13.7. The standard InChI is InChI=1S/C14H26N2O4S/c1-12-3-5-14(20-2,6-4-12)11-15-13(17)16-7-9-21(18,19)10-8-16/h12H,3-11H2,1-2H3,(H,15,17). The molecule has 0 spiro atoms. The van der Waals surface area contributed by atoms with E-state index in [1.807, 2.05) is 0 Å². The third-order valence-corrected chi connectivity index (χ3v) is 6.42. The molecule has 2 fully saturated rings. The molecule has 0 aromatic carbocycles. The number of nitrogens with zero attached hydrogens (tertiary/aromatic N) is 1. The van der Waals surface area contributed by atoms with Crippen LogP contribution in [-0.4, -0.2) is 63.2 Å². The molecule has 6 nitrogen and oxygen atoms in total. The van der Waals surface area contributed by atoms with Gasteiger partial charge >= 0.3 is 6.03 Å². The van der Waals surface area contributed by atoms with Gasteiger partial charge in [0, 0.05) is 26.7 Å². The van der Waals surface area contributed by atoms with Gasteiger partial charge in [-0.25, -0.2) is 13.2 Å². The number of urea groups is 1. The summed E-state index contributed by atoms with van der Waals surface area (Å²) < 4.78 is 28.4. The molecule has 1 N–H and O–H groups in total. The van der Waals surface area contributed by atoms with E-state index in [1.54, 1.807) is 12.0 Å². The van der Waals surface area contributed by atoms with Gasteiger partial charge in [-0.15, -0.1) is 0 Å². The SMILES string of the molecule is COC1(CNC(=O)N2CCS(=O)(=O)CC2)CCC(C)CC1. The molecule has 0 bridgehead atoms. The Morgan fingerprint density at radius 1 is 1.29 bits per heavy atom. The minimum atomic E-state index is -2.95. The summed E-state index contributed by atoms with van der Waals surface area (Å²) in [6.45, 7) is 3.31. The van der Waals surface area contributed by atoms with Gasteiger partial charge in [0.1, 0.15) is 0 Å². The molecule has 0 aromatic heterocycles. The minimum Gasteiger partial charge on any atom is -0.376 e. The van der Waals surface area contributed by atoms with Crippen LogP contribution in [-0.2, 0) is 14.6 Å². The van der Waals surface area contributed by atoms with Crippen molar-refractivity contribution in [3.8, 4) is 0 Å². The highest BCUT2D eigenvalue weighted by Crippen LogP contribution is 2.33. The summed E-state index contributed by atoms with van der Waals surface area (Å²) in [5.74, 6) is 0.844. The minimum absolute atomic E-state index is 0.0629. The van der Waals surface area contributed by atoms with Gasteiger partial charge in [-0.1, -0.05) is 6.92 Å². The van der Waals surface area contributed by atoms with Crippen molar-refractivity contribution in [2.75, 3.05) is 38.2 Å². The number of ether oxygens (including phenoxy) is 1. The summed E-state index contributed by atoms with van der Waals surface area (Å²) in [6.07, 6.45) is 4.15. The molecule has 1 aliphatic heterocycles. The first kappa shape index (κ1) is 16.5. The number of carbonyl (C=O) groups is 1. The maximum Gasteiger partial charge on any atom is 0.317 e. The number of rotatable bonds is 3. The van der Waals surface area contributed by atoms with Crippen molar-refractivity contribution in [2.24, 2.45) is 5.92 Å². The molecule has 0 unspecified atom stereocenters. The lowest BCUT2D eigenvalue weighted by Crippen LogP contribution is -2.53. The lowest BCUT2D eigenvalue weighted by molar-refractivity contribution is -0.0444. The molecule has 2 aliphatic rings. The molecule has 0 aromatic rings. The van der Waals surface area contributed by atoms with E-state index in [4.69, 9.17) is 4.74 Å².